The number of aliphatic hydroxyl groups is 1. The van der Waals surface area contributed by atoms with Gasteiger partial charge in [0.15, 0.2) is 16.7 Å². The third-order valence-electron chi connectivity index (χ3n) is 5.92. The molecule has 0 spiro atoms. The zero-order chi connectivity index (χ0) is 25.2. The topological polar surface area (TPSA) is 79.7 Å². The van der Waals surface area contributed by atoms with Gasteiger partial charge in [-0.25, -0.2) is 4.98 Å². The maximum absolute atomic E-state index is 13.4. The molecule has 7 heteroatoms. The monoisotopic (exact) mass is 496 g/mol. The highest BCUT2D eigenvalue weighted by molar-refractivity contribution is 7.22. The minimum atomic E-state index is -0.854. The molecule has 1 atom stereocenters. The second kappa shape index (κ2) is 9.79. The Labute approximate surface area is 212 Å². The summed E-state index contributed by atoms with van der Waals surface area (Å²) in [5, 5.41) is 11.4. The van der Waals surface area contributed by atoms with Gasteiger partial charge in [0, 0.05) is 0 Å². The number of carbonyl (C=O) groups excluding carboxylic acids is 2. The lowest BCUT2D eigenvalue weighted by Crippen LogP contribution is -2.30. The lowest BCUT2D eigenvalue weighted by Gasteiger charge is -2.24. The van der Waals surface area contributed by atoms with Crippen molar-refractivity contribution in [1.82, 2.24) is 4.98 Å². The van der Waals surface area contributed by atoms with Gasteiger partial charge in [-0.1, -0.05) is 65.9 Å². The average Bonchev–Trinajstić information content (AvgIpc) is 3.41. The number of rotatable bonds is 7. The van der Waals surface area contributed by atoms with Gasteiger partial charge in [0.2, 0.25) is 0 Å². The highest BCUT2D eigenvalue weighted by Crippen LogP contribution is 2.44. The van der Waals surface area contributed by atoms with Crippen LogP contribution in [0.1, 0.15) is 29.7 Å². The van der Waals surface area contributed by atoms with E-state index in [9.17, 15) is 14.7 Å². The van der Waals surface area contributed by atoms with Gasteiger partial charge < -0.3 is 9.84 Å². The van der Waals surface area contributed by atoms with Crippen LogP contribution in [0, 0.1) is 6.92 Å². The maximum Gasteiger partial charge on any atom is 0.296 e. The van der Waals surface area contributed by atoms with Crippen molar-refractivity contribution in [3.63, 3.8) is 0 Å². The maximum atomic E-state index is 13.4. The van der Waals surface area contributed by atoms with Crippen LogP contribution in [0.25, 0.3) is 16.3 Å². The lowest BCUT2D eigenvalue weighted by molar-refractivity contribution is -0.117. The number of nitrogens with zero attached hydrogens (tertiary/aromatic N) is 2. The number of amides is 1. The van der Waals surface area contributed by atoms with Crippen molar-refractivity contribution >= 4 is 44.5 Å². The summed E-state index contributed by atoms with van der Waals surface area (Å²) in [6.45, 7) is 4.35. The molecule has 0 bridgehead atoms. The molecular formula is C29H24N2O4S. The standard InChI is InChI=1S/C29H24N2O4S/c1-3-35-21-11-7-10-20(17-21)26-25(23(32)15-13-19-8-5-4-6-9-19)27(33)28(34)31(26)29-30-22-14-12-18(2)16-24(22)36-29/h4-17,26,33H,3H2,1-2H3/b15-13+. The molecule has 36 heavy (non-hydrogen) atoms. The number of ketones is 1. The molecule has 0 fully saturated rings. The highest BCUT2D eigenvalue weighted by Gasteiger charge is 2.45. The molecule has 3 aromatic carbocycles. The predicted molar refractivity (Wildman–Crippen MR) is 142 cm³/mol. The zero-order valence-electron chi connectivity index (χ0n) is 19.8. The Morgan fingerprint density at radius 3 is 2.69 bits per heavy atom. The Morgan fingerprint density at radius 2 is 1.92 bits per heavy atom. The molecule has 0 radical (unpaired) electrons. The van der Waals surface area contributed by atoms with E-state index in [-0.39, 0.29) is 5.57 Å². The quantitative estimate of drug-likeness (QED) is 0.309. The van der Waals surface area contributed by atoms with Crippen LogP contribution in [-0.2, 0) is 9.59 Å². The van der Waals surface area contributed by atoms with E-state index in [1.54, 1.807) is 12.1 Å². The zero-order valence-corrected chi connectivity index (χ0v) is 20.7. The summed E-state index contributed by atoms with van der Waals surface area (Å²) in [5.74, 6) is -1.06. The summed E-state index contributed by atoms with van der Waals surface area (Å²) in [7, 11) is 0. The number of fused-ring (bicyclic) bond motifs is 1. The van der Waals surface area contributed by atoms with Crippen LogP contribution in [0.2, 0.25) is 0 Å². The van der Waals surface area contributed by atoms with Crippen molar-refractivity contribution in [2.75, 3.05) is 11.5 Å². The minimum Gasteiger partial charge on any atom is -0.503 e. The van der Waals surface area contributed by atoms with E-state index in [2.05, 4.69) is 4.98 Å². The molecule has 180 valence electrons. The molecule has 1 aliphatic heterocycles. The van der Waals surface area contributed by atoms with Crippen molar-refractivity contribution in [3.8, 4) is 5.75 Å². The van der Waals surface area contributed by atoms with E-state index >= 15 is 0 Å². The van der Waals surface area contributed by atoms with Crippen molar-refractivity contribution in [2.24, 2.45) is 0 Å². The van der Waals surface area contributed by atoms with Gasteiger partial charge in [-0.2, -0.15) is 0 Å². The second-order valence-electron chi connectivity index (χ2n) is 8.42. The summed E-state index contributed by atoms with van der Waals surface area (Å²) in [6, 6.07) is 21.6. The summed E-state index contributed by atoms with van der Waals surface area (Å²) in [5.41, 5.74) is 3.32. The van der Waals surface area contributed by atoms with Crippen molar-refractivity contribution < 1.29 is 19.4 Å². The molecule has 1 unspecified atom stereocenters. The normalized spacial score (nSPS) is 15.9. The van der Waals surface area contributed by atoms with Gasteiger partial charge in [0.25, 0.3) is 5.91 Å². The fourth-order valence-corrected chi connectivity index (χ4v) is 5.35. The molecule has 4 aromatic rings. The molecule has 1 aliphatic rings. The number of allylic oxidation sites excluding steroid dienone is 1. The van der Waals surface area contributed by atoms with Gasteiger partial charge in [-0.05, 0) is 60.9 Å². The SMILES string of the molecule is CCOc1cccc(C2C(C(=O)/C=C/c3ccccc3)=C(O)C(=O)N2c2nc3ccc(C)cc3s2)c1. The minimum absolute atomic E-state index is 0.0104. The molecule has 2 heterocycles. The molecule has 6 nitrogen and oxygen atoms in total. The number of aryl methyl sites for hydroxylation is 1. The van der Waals surface area contributed by atoms with Gasteiger partial charge in [0.1, 0.15) is 5.75 Å². The smallest absolute Gasteiger partial charge is 0.296 e. The number of aromatic nitrogens is 1. The van der Waals surface area contributed by atoms with Gasteiger partial charge in [-0.3, -0.25) is 14.5 Å². The van der Waals surface area contributed by atoms with E-state index in [0.717, 1.165) is 21.3 Å². The van der Waals surface area contributed by atoms with E-state index in [1.165, 1.54) is 22.3 Å². The van der Waals surface area contributed by atoms with Crippen LogP contribution < -0.4 is 9.64 Å². The van der Waals surface area contributed by atoms with Crippen molar-refractivity contribution in [1.29, 1.82) is 0 Å². The number of benzene rings is 3. The molecule has 1 N–H and O–H groups in total. The van der Waals surface area contributed by atoms with E-state index in [0.29, 0.717) is 23.1 Å². The van der Waals surface area contributed by atoms with E-state index in [1.807, 2.05) is 80.6 Å². The number of hydrogen-bond donors (Lipinski definition) is 1. The largest absolute Gasteiger partial charge is 0.503 e. The molecule has 1 amide bonds. The van der Waals surface area contributed by atoms with Crippen LogP contribution in [-0.4, -0.2) is 28.4 Å². The first-order valence-electron chi connectivity index (χ1n) is 11.6. The number of carbonyl (C=O) groups is 2. The van der Waals surface area contributed by atoms with Gasteiger partial charge in [0.05, 0.1) is 28.4 Å². The number of anilines is 1. The molecular weight excluding hydrogens is 472 g/mol. The number of hydrogen-bond acceptors (Lipinski definition) is 6. The Hall–Kier alpha value is -4.23. The summed E-state index contributed by atoms with van der Waals surface area (Å²) in [4.78, 5) is 32.9. The molecule has 0 saturated carbocycles. The van der Waals surface area contributed by atoms with Crippen molar-refractivity contribution in [2.45, 2.75) is 19.9 Å². The van der Waals surface area contributed by atoms with Crippen LogP contribution in [0.15, 0.2) is 90.2 Å². The van der Waals surface area contributed by atoms with E-state index in [4.69, 9.17) is 4.74 Å². The average molecular weight is 497 g/mol. The number of aliphatic hydroxyl groups excluding tert-OH is 1. The Kier molecular flexibility index (Phi) is 6.40. The first-order valence-corrected chi connectivity index (χ1v) is 12.4. The van der Waals surface area contributed by atoms with Crippen molar-refractivity contribution in [3.05, 3.63) is 107 Å². The fourth-order valence-electron chi connectivity index (χ4n) is 4.26. The molecule has 0 aliphatic carbocycles. The Balaban J connectivity index is 1.61. The number of ether oxygens (including phenoxy) is 1. The molecule has 0 saturated heterocycles. The molecule has 5 rings (SSSR count). The predicted octanol–water partition coefficient (Wildman–Crippen LogP) is 6.19. The van der Waals surface area contributed by atoms with Crippen LogP contribution in [0.4, 0.5) is 5.13 Å². The lowest BCUT2D eigenvalue weighted by atomic mass is 9.95. The Bertz CT molecular complexity index is 1520. The fraction of sp³-hybridized carbons (Fsp3) is 0.138. The van der Waals surface area contributed by atoms with Crippen LogP contribution in [0.3, 0.4) is 0 Å². The van der Waals surface area contributed by atoms with Gasteiger partial charge >= 0.3 is 0 Å². The Morgan fingerprint density at radius 1 is 1.11 bits per heavy atom. The van der Waals surface area contributed by atoms with Crippen LogP contribution >= 0.6 is 11.3 Å². The molecule has 1 aromatic heterocycles. The summed E-state index contributed by atoms with van der Waals surface area (Å²) in [6.07, 6.45) is 3.06. The first-order chi connectivity index (χ1) is 17.5. The number of thiazole rings is 1. The first kappa shape index (κ1) is 23.5. The highest BCUT2D eigenvalue weighted by atomic mass is 32.1. The third kappa shape index (κ3) is 4.41. The van der Waals surface area contributed by atoms with E-state index < -0.39 is 23.5 Å². The van der Waals surface area contributed by atoms with Gasteiger partial charge in [-0.15, -0.1) is 0 Å². The summed E-state index contributed by atoms with van der Waals surface area (Å²) < 4.78 is 6.59. The second-order valence-corrected chi connectivity index (χ2v) is 9.43. The van der Waals surface area contributed by atoms with Crippen LogP contribution in [0.5, 0.6) is 5.75 Å². The third-order valence-corrected chi connectivity index (χ3v) is 6.94. The summed E-state index contributed by atoms with van der Waals surface area (Å²) >= 11 is 1.35.